The number of ketones is 1. The molecule has 1 aliphatic rings. The Morgan fingerprint density at radius 3 is 2.36 bits per heavy atom. The molecule has 28 heavy (non-hydrogen) atoms. The maximum Gasteiger partial charge on any atom is 0.296 e. The summed E-state index contributed by atoms with van der Waals surface area (Å²) in [6.45, 7) is 0.216. The lowest BCUT2D eigenvalue weighted by Crippen LogP contribution is -2.29. The molecule has 0 saturated carbocycles. The lowest BCUT2D eigenvalue weighted by atomic mass is 9.99. The molecule has 1 N–H and O–H groups in total. The molecule has 1 amide bonds. The summed E-state index contributed by atoms with van der Waals surface area (Å²) in [5.41, 5.74) is 1.27. The molecule has 5 nitrogen and oxygen atoms in total. The fourth-order valence-electron chi connectivity index (χ4n) is 3.33. The Morgan fingerprint density at radius 2 is 1.71 bits per heavy atom. The Balaban J connectivity index is 1.83. The third-order valence-corrected chi connectivity index (χ3v) is 4.92. The smallest absolute Gasteiger partial charge is 0.296 e. The zero-order valence-corrected chi connectivity index (χ0v) is 15.5. The predicted octanol–water partition coefficient (Wildman–Crippen LogP) is 4.55. The highest BCUT2D eigenvalue weighted by atomic mass is 35.5. The van der Waals surface area contributed by atoms with E-state index in [-0.39, 0.29) is 17.9 Å². The van der Waals surface area contributed by atoms with E-state index in [9.17, 15) is 14.7 Å². The van der Waals surface area contributed by atoms with Crippen LogP contribution < -0.4 is 0 Å². The summed E-state index contributed by atoms with van der Waals surface area (Å²) in [7, 11) is 0. The zero-order chi connectivity index (χ0) is 19.7. The second kappa shape index (κ2) is 7.37. The first-order valence-electron chi connectivity index (χ1n) is 8.68. The molecule has 0 aliphatic carbocycles. The molecule has 1 unspecified atom stereocenters. The molecular weight excluding hydrogens is 378 g/mol. The van der Waals surface area contributed by atoms with E-state index in [0.717, 1.165) is 5.56 Å². The minimum Gasteiger partial charge on any atom is -0.507 e. The van der Waals surface area contributed by atoms with Crippen LogP contribution in [0, 0.1) is 0 Å². The van der Waals surface area contributed by atoms with Gasteiger partial charge in [0.15, 0.2) is 0 Å². The van der Waals surface area contributed by atoms with Gasteiger partial charge in [-0.15, -0.1) is 0 Å². The highest BCUT2D eigenvalue weighted by Crippen LogP contribution is 2.40. The molecule has 0 radical (unpaired) electrons. The van der Waals surface area contributed by atoms with E-state index in [1.54, 1.807) is 36.4 Å². The van der Waals surface area contributed by atoms with Crippen molar-refractivity contribution in [3.05, 3.63) is 100 Å². The van der Waals surface area contributed by atoms with Gasteiger partial charge in [0.2, 0.25) is 0 Å². The van der Waals surface area contributed by atoms with Gasteiger partial charge in [-0.05, 0) is 42.0 Å². The minimum absolute atomic E-state index is 0.00166. The van der Waals surface area contributed by atoms with Gasteiger partial charge >= 0.3 is 0 Å². The van der Waals surface area contributed by atoms with Crippen molar-refractivity contribution >= 4 is 29.1 Å². The van der Waals surface area contributed by atoms with Gasteiger partial charge in [-0.1, -0.05) is 41.9 Å². The number of hydrogen-bond acceptors (Lipinski definition) is 4. The number of furan rings is 1. The van der Waals surface area contributed by atoms with Gasteiger partial charge in [-0.3, -0.25) is 9.59 Å². The van der Waals surface area contributed by atoms with Crippen LogP contribution in [0.4, 0.5) is 0 Å². The first-order valence-corrected chi connectivity index (χ1v) is 9.05. The summed E-state index contributed by atoms with van der Waals surface area (Å²) in [6.07, 6.45) is 1.47. The number of Topliss-reactive ketones (excluding diaryl/α,β-unsaturated/α-hetero) is 1. The summed E-state index contributed by atoms with van der Waals surface area (Å²) in [5, 5.41) is 11.4. The maximum atomic E-state index is 12.8. The second-order valence-corrected chi connectivity index (χ2v) is 6.87. The van der Waals surface area contributed by atoms with E-state index in [1.165, 1.54) is 11.2 Å². The van der Waals surface area contributed by atoms with Gasteiger partial charge in [-0.2, -0.15) is 0 Å². The summed E-state index contributed by atoms with van der Waals surface area (Å²) < 4.78 is 5.50. The number of benzene rings is 2. The Labute approximate surface area is 166 Å². The molecule has 2 aromatic carbocycles. The number of halogens is 1. The van der Waals surface area contributed by atoms with Crippen LogP contribution in [0.15, 0.2) is 83.0 Å². The number of nitrogens with zero attached hydrogens (tertiary/aromatic N) is 1. The van der Waals surface area contributed by atoms with Crippen molar-refractivity contribution in [2.75, 3.05) is 0 Å². The minimum atomic E-state index is -0.814. The highest BCUT2D eigenvalue weighted by Gasteiger charge is 2.47. The predicted molar refractivity (Wildman–Crippen MR) is 104 cm³/mol. The number of hydrogen-bond donors (Lipinski definition) is 1. The summed E-state index contributed by atoms with van der Waals surface area (Å²) in [5.74, 6) is -1.27. The van der Waals surface area contributed by atoms with E-state index in [0.29, 0.717) is 16.3 Å². The van der Waals surface area contributed by atoms with Gasteiger partial charge in [-0.25, -0.2) is 0 Å². The van der Waals surface area contributed by atoms with Crippen molar-refractivity contribution in [2.24, 2.45) is 0 Å². The van der Waals surface area contributed by atoms with Crippen LogP contribution in [0.5, 0.6) is 0 Å². The normalized spacial score (nSPS) is 18.6. The number of carbonyl (C=O) groups is 2. The van der Waals surface area contributed by atoms with Crippen LogP contribution in [0.2, 0.25) is 5.02 Å². The van der Waals surface area contributed by atoms with Crippen LogP contribution >= 0.6 is 11.6 Å². The van der Waals surface area contributed by atoms with Crippen molar-refractivity contribution in [1.29, 1.82) is 0 Å². The molecule has 1 saturated heterocycles. The Kier molecular flexibility index (Phi) is 4.75. The monoisotopic (exact) mass is 393 g/mol. The van der Waals surface area contributed by atoms with E-state index in [2.05, 4.69) is 0 Å². The van der Waals surface area contributed by atoms with Crippen molar-refractivity contribution in [3.63, 3.8) is 0 Å². The Bertz CT molecular complexity index is 1040. The van der Waals surface area contributed by atoms with E-state index < -0.39 is 17.7 Å². The average molecular weight is 394 g/mol. The summed E-state index contributed by atoms with van der Waals surface area (Å²) in [4.78, 5) is 27.0. The SMILES string of the molecule is O=C1C(=O)N(Cc2ccccc2)C(c2ccco2)C1=C(O)c1ccc(Cl)cc1. The van der Waals surface area contributed by atoms with Gasteiger partial charge < -0.3 is 14.4 Å². The quantitative estimate of drug-likeness (QED) is 0.401. The molecular formula is C22H16ClNO4. The third-order valence-electron chi connectivity index (χ3n) is 4.67. The Hall–Kier alpha value is -3.31. The lowest BCUT2D eigenvalue weighted by molar-refractivity contribution is -0.140. The molecule has 0 spiro atoms. The average Bonchev–Trinajstić information content (AvgIpc) is 3.32. The van der Waals surface area contributed by atoms with Crippen molar-refractivity contribution in [1.82, 2.24) is 4.90 Å². The van der Waals surface area contributed by atoms with Crippen LogP contribution in [0.3, 0.4) is 0 Å². The van der Waals surface area contributed by atoms with Crippen LogP contribution in [0.25, 0.3) is 5.76 Å². The largest absolute Gasteiger partial charge is 0.507 e. The van der Waals surface area contributed by atoms with Crippen LogP contribution in [-0.4, -0.2) is 21.7 Å². The van der Waals surface area contributed by atoms with Gasteiger partial charge in [0.1, 0.15) is 17.6 Å². The molecule has 1 aliphatic heterocycles. The van der Waals surface area contributed by atoms with Crippen LogP contribution in [-0.2, 0) is 16.1 Å². The van der Waals surface area contributed by atoms with E-state index in [4.69, 9.17) is 16.0 Å². The molecule has 1 atom stereocenters. The molecule has 140 valence electrons. The fourth-order valence-corrected chi connectivity index (χ4v) is 3.46. The number of aliphatic hydroxyl groups excluding tert-OH is 1. The van der Waals surface area contributed by atoms with Crippen molar-refractivity contribution in [2.45, 2.75) is 12.6 Å². The van der Waals surface area contributed by atoms with Crippen molar-refractivity contribution < 1.29 is 19.1 Å². The van der Waals surface area contributed by atoms with Gasteiger partial charge in [0, 0.05) is 17.1 Å². The summed E-state index contributed by atoms with van der Waals surface area (Å²) >= 11 is 5.91. The first kappa shape index (κ1) is 18.1. The van der Waals surface area contributed by atoms with Gasteiger partial charge in [0.25, 0.3) is 11.7 Å². The summed E-state index contributed by atoms with van der Waals surface area (Å²) in [6, 6.07) is 18.3. The first-order chi connectivity index (χ1) is 13.6. The number of likely N-dealkylation sites (tertiary alicyclic amines) is 1. The Morgan fingerprint density at radius 1 is 1.00 bits per heavy atom. The number of aliphatic hydroxyl groups is 1. The van der Waals surface area contributed by atoms with Crippen LogP contribution in [0.1, 0.15) is 22.9 Å². The molecule has 6 heteroatoms. The number of rotatable bonds is 4. The van der Waals surface area contributed by atoms with E-state index in [1.807, 2.05) is 30.3 Å². The number of carbonyl (C=O) groups excluding carboxylic acids is 2. The standard InChI is InChI=1S/C22H16ClNO4/c23-16-10-8-15(9-11-16)20(25)18-19(17-7-4-12-28-17)24(22(27)21(18)26)13-14-5-2-1-3-6-14/h1-12,19,25H,13H2. The molecule has 0 bridgehead atoms. The molecule has 4 rings (SSSR count). The maximum absolute atomic E-state index is 12.8. The highest BCUT2D eigenvalue weighted by molar-refractivity contribution is 6.46. The van der Waals surface area contributed by atoms with E-state index >= 15 is 0 Å². The topological polar surface area (TPSA) is 70.8 Å². The molecule has 2 heterocycles. The molecule has 1 aromatic heterocycles. The van der Waals surface area contributed by atoms with Gasteiger partial charge in [0.05, 0.1) is 11.8 Å². The van der Waals surface area contributed by atoms with Crippen molar-refractivity contribution in [3.8, 4) is 0 Å². The zero-order valence-electron chi connectivity index (χ0n) is 14.7. The molecule has 1 fully saturated rings. The number of amides is 1. The second-order valence-electron chi connectivity index (χ2n) is 6.43. The third kappa shape index (κ3) is 3.21. The lowest BCUT2D eigenvalue weighted by Gasteiger charge is -2.23. The molecule has 3 aromatic rings. The fraction of sp³-hybridized carbons (Fsp3) is 0.0909.